The first-order valence-electron chi connectivity index (χ1n) is 4.72. The number of rotatable bonds is 5. The first kappa shape index (κ1) is 12.5. The number of halogens is 1. The zero-order valence-corrected chi connectivity index (χ0v) is 8.85. The molecule has 5 nitrogen and oxygen atoms in total. The van der Waals surface area contributed by atoms with Gasteiger partial charge in [0, 0.05) is 19.2 Å². The Kier molecular flexibility index (Phi) is 4.33. The van der Waals surface area contributed by atoms with Gasteiger partial charge in [0.1, 0.15) is 5.82 Å². The molecular weight excluding hydrogens is 215 g/mol. The number of methoxy groups -OCH3 is 1. The maximum Gasteiger partial charge on any atom is 0.272 e. The monoisotopic (exact) mass is 228 g/mol. The van der Waals surface area contributed by atoms with Crippen LogP contribution in [0.15, 0.2) is 18.2 Å². The molecule has 0 saturated carbocycles. The Balaban J connectivity index is 2.79. The minimum atomic E-state index is -0.637. The van der Waals surface area contributed by atoms with Crippen LogP contribution in [0, 0.1) is 15.9 Å². The molecule has 0 bridgehead atoms. The first-order chi connectivity index (χ1) is 7.54. The topological polar surface area (TPSA) is 78.4 Å². The molecule has 1 aromatic rings. The molecule has 0 fully saturated rings. The van der Waals surface area contributed by atoms with E-state index in [2.05, 4.69) is 0 Å². The van der Waals surface area contributed by atoms with E-state index in [1.54, 1.807) is 0 Å². The van der Waals surface area contributed by atoms with Crippen LogP contribution in [0.5, 0.6) is 0 Å². The predicted molar refractivity (Wildman–Crippen MR) is 56.6 cm³/mol. The number of nitrogens with two attached hydrogens (primary N) is 1. The maximum absolute atomic E-state index is 13.4. The highest BCUT2D eigenvalue weighted by Crippen LogP contribution is 2.17. The maximum atomic E-state index is 13.4. The Hall–Kier alpha value is -1.53. The molecule has 0 saturated heterocycles. The van der Waals surface area contributed by atoms with Crippen molar-refractivity contribution in [3.05, 3.63) is 39.7 Å². The number of nitrogens with zero attached hydrogens (tertiary/aromatic N) is 1. The number of non-ortho nitro benzene ring substituents is 1. The van der Waals surface area contributed by atoms with Gasteiger partial charge in [0.25, 0.3) is 5.69 Å². The molecule has 0 heterocycles. The van der Waals surface area contributed by atoms with Gasteiger partial charge in [-0.2, -0.15) is 0 Å². The summed E-state index contributed by atoms with van der Waals surface area (Å²) in [7, 11) is 1.51. The molecule has 88 valence electrons. The van der Waals surface area contributed by atoms with E-state index in [1.165, 1.54) is 19.2 Å². The molecule has 1 unspecified atom stereocenters. The predicted octanol–water partition coefficient (Wildman–Crippen LogP) is 1.25. The van der Waals surface area contributed by atoms with Gasteiger partial charge in [-0.15, -0.1) is 0 Å². The quantitative estimate of drug-likeness (QED) is 0.607. The summed E-state index contributed by atoms with van der Waals surface area (Å²) in [6, 6.07) is 3.22. The largest absolute Gasteiger partial charge is 0.383 e. The molecule has 0 spiro atoms. The van der Waals surface area contributed by atoms with Crippen LogP contribution in [-0.2, 0) is 11.2 Å². The normalized spacial score (nSPS) is 12.4. The van der Waals surface area contributed by atoms with Crippen LogP contribution in [0.25, 0.3) is 0 Å². The van der Waals surface area contributed by atoms with Gasteiger partial charge in [-0.25, -0.2) is 4.39 Å². The minimum Gasteiger partial charge on any atom is -0.383 e. The number of ether oxygens (including phenoxy) is 1. The molecule has 0 aromatic heterocycles. The molecule has 6 heteroatoms. The van der Waals surface area contributed by atoms with Crippen LogP contribution in [-0.4, -0.2) is 24.7 Å². The fourth-order valence-corrected chi connectivity index (χ4v) is 1.37. The third-order valence-electron chi connectivity index (χ3n) is 2.11. The molecule has 1 atom stereocenters. The van der Waals surface area contributed by atoms with Crippen LogP contribution in [0.3, 0.4) is 0 Å². The van der Waals surface area contributed by atoms with Crippen LogP contribution in [0.2, 0.25) is 0 Å². The minimum absolute atomic E-state index is 0.262. The van der Waals surface area contributed by atoms with Crippen molar-refractivity contribution in [2.75, 3.05) is 13.7 Å². The van der Waals surface area contributed by atoms with Crippen molar-refractivity contribution in [1.82, 2.24) is 0 Å². The lowest BCUT2D eigenvalue weighted by molar-refractivity contribution is -0.385. The van der Waals surface area contributed by atoms with Crippen LogP contribution in [0.1, 0.15) is 5.56 Å². The molecule has 1 aromatic carbocycles. The van der Waals surface area contributed by atoms with E-state index in [4.69, 9.17) is 10.5 Å². The second-order valence-corrected chi connectivity index (χ2v) is 3.45. The number of nitro groups is 1. The van der Waals surface area contributed by atoms with Crippen molar-refractivity contribution in [2.45, 2.75) is 12.5 Å². The van der Waals surface area contributed by atoms with Crippen molar-refractivity contribution < 1.29 is 14.1 Å². The van der Waals surface area contributed by atoms with Crippen LogP contribution < -0.4 is 5.73 Å². The first-order valence-corrected chi connectivity index (χ1v) is 4.72. The average molecular weight is 228 g/mol. The van der Waals surface area contributed by atoms with Gasteiger partial charge in [-0.1, -0.05) is 0 Å². The van der Waals surface area contributed by atoms with Crippen molar-refractivity contribution in [3.8, 4) is 0 Å². The molecule has 0 amide bonds. The van der Waals surface area contributed by atoms with Gasteiger partial charge in [0.15, 0.2) is 0 Å². The smallest absolute Gasteiger partial charge is 0.272 e. The van der Waals surface area contributed by atoms with Crippen LogP contribution in [0.4, 0.5) is 10.1 Å². The van der Waals surface area contributed by atoms with Gasteiger partial charge < -0.3 is 10.5 Å². The summed E-state index contributed by atoms with van der Waals surface area (Å²) < 4.78 is 18.2. The summed E-state index contributed by atoms with van der Waals surface area (Å²) in [5, 5.41) is 10.4. The Morgan fingerprint density at radius 1 is 1.62 bits per heavy atom. The van der Waals surface area contributed by atoms with Gasteiger partial charge in [0.05, 0.1) is 17.6 Å². The summed E-state index contributed by atoms with van der Waals surface area (Å²) >= 11 is 0. The van der Waals surface area contributed by atoms with E-state index in [0.29, 0.717) is 12.2 Å². The Morgan fingerprint density at radius 3 is 2.81 bits per heavy atom. The van der Waals surface area contributed by atoms with E-state index in [1.807, 2.05) is 0 Å². The second-order valence-electron chi connectivity index (χ2n) is 3.45. The number of benzene rings is 1. The van der Waals surface area contributed by atoms with Crippen LogP contribution >= 0.6 is 0 Å². The fourth-order valence-electron chi connectivity index (χ4n) is 1.37. The van der Waals surface area contributed by atoms with Gasteiger partial charge in [-0.05, 0) is 18.1 Å². The van der Waals surface area contributed by atoms with Gasteiger partial charge in [-0.3, -0.25) is 10.1 Å². The Bertz CT molecular complexity index is 384. The lowest BCUT2D eigenvalue weighted by atomic mass is 10.1. The van der Waals surface area contributed by atoms with E-state index >= 15 is 0 Å². The molecular formula is C10H13FN2O3. The Labute approximate surface area is 92.2 Å². The van der Waals surface area contributed by atoms with E-state index in [9.17, 15) is 14.5 Å². The summed E-state index contributed by atoms with van der Waals surface area (Å²) in [5.74, 6) is -0.610. The van der Waals surface area contributed by atoms with Crippen molar-refractivity contribution in [2.24, 2.45) is 5.73 Å². The molecule has 0 aliphatic rings. The lowest BCUT2D eigenvalue weighted by Gasteiger charge is -2.10. The molecule has 0 radical (unpaired) electrons. The zero-order chi connectivity index (χ0) is 12.1. The summed E-state index contributed by atoms with van der Waals surface area (Å²) in [6.07, 6.45) is 0.289. The van der Waals surface area contributed by atoms with E-state index in [0.717, 1.165) is 6.07 Å². The standard InChI is InChI=1S/C10H13FN2O3/c1-16-6-8(12)4-7-2-3-9(13(14)15)5-10(7)11/h2-3,5,8H,4,6,12H2,1H3. The molecule has 0 aliphatic heterocycles. The van der Waals surface area contributed by atoms with Crippen molar-refractivity contribution >= 4 is 5.69 Å². The Morgan fingerprint density at radius 2 is 2.31 bits per heavy atom. The molecule has 1 rings (SSSR count). The fraction of sp³-hybridized carbons (Fsp3) is 0.400. The zero-order valence-electron chi connectivity index (χ0n) is 8.85. The summed E-state index contributed by atoms with van der Waals surface area (Å²) in [6.45, 7) is 0.316. The van der Waals surface area contributed by atoms with Gasteiger partial charge >= 0.3 is 0 Å². The third kappa shape index (κ3) is 3.25. The summed E-state index contributed by atoms with van der Waals surface area (Å²) in [4.78, 5) is 9.75. The van der Waals surface area contributed by atoms with Gasteiger partial charge in [0.2, 0.25) is 0 Å². The molecule has 16 heavy (non-hydrogen) atoms. The third-order valence-corrected chi connectivity index (χ3v) is 2.11. The van der Waals surface area contributed by atoms with E-state index < -0.39 is 10.7 Å². The van der Waals surface area contributed by atoms with Crippen molar-refractivity contribution in [3.63, 3.8) is 0 Å². The second kappa shape index (κ2) is 5.53. The van der Waals surface area contributed by atoms with E-state index in [-0.39, 0.29) is 18.2 Å². The highest BCUT2D eigenvalue weighted by molar-refractivity contribution is 5.34. The highest BCUT2D eigenvalue weighted by Gasteiger charge is 2.12. The lowest BCUT2D eigenvalue weighted by Crippen LogP contribution is -2.28. The number of nitro benzene ring substituents is 1. The molecule has 2 N–H and O–H groups in total. The number of hydrogen-bond acceptors (Lipinski definition) is 4. The molecule has 0 aliphatic carbocycles. The number of hydrogen-bond donors (Lipinski definition) is 1. The SMILES string of the molecule is COCC(N)Cc1ccc([N+](=O)[O-])cc1F. The van der Waals surface area contributed by atoms with Crippen molar-refractivity contribution in [1.29, 1.82) is 0 Å². The average Bonchev–Trinajstić information content (AvgIpc) is 2.21. The summed E-state index contributed by atoms with van der Waals surface area (Å²) in [5.41, 5.74) is 5.75. The highest BCUT2D eigenvalue weighted by atomic mass is 19.1.